The second kappa shape index (κ2) is 4.79. The Bertz CT molecular complexity index is 703. The second-order valence-corrected chi connectivity index (χ2v) is 5.47. The molecule has 1 heterocycles. The average Bonchev–Trinajstić information content (AvgIpc) is 2.77. The molecule has 0 spiro atoms. The lowest BCUT2D eigenvalue weighted by atomic mass is 10.2. The maximum Gasteiger partial charge on any atom is 0.0499 e. The van der Waals surface area contributed by atoms with Crippen molar-refractivity contribution in [3.8, 4) is 0 Å². The minimum absolute atomic E-state index is 0.804. The van der Waals surface area contributed by atoms with Crippen LogP contribution in [0.4, 0.5) is 0 Å². The van der Waals surface area contributed by atoms with Crippen LogP contribution in [0.5, 0.6) is 0 Å². The standard InChI is InChI=1S/C15H11BrClN/c16-13-5-2-1-4-11(13)10-18-9-8-12-14(17)6-3-7-15(12)18/h1-9H,10H2. The smallest absolute Gasteiger partial charge is 0.0499 e. The minimum Gasteiger partial charge on any atom is -0.343 e. The SMILES string of the molecule is Clc1cccc2c1ccn2Cc1ccccc1Br. The molecule has 0 bridgehead atoms. The predicted octanol–water partition coefficient (Wildman–Crippen LogP) is 5.11. The van der Waals surface area contributed by atoms with E-state index < -0.39 is 0 Å². The van der Waals surface area contributed by atoms with Crippen LogP contribution in [0.15, 0.2) is 59.2 Å². The van der Waals surface area contributed by atoms with Crippen molar-refractivity contribution in [1.29, 1.82) is 0 Å². The summed E-state index contributed by atoms with van der Waals surface area (Å²) in [6.45, 7) is 0.839. The Morgan fingerprint density at radius 2 is 1.83 bits per heavy atom. The highest BCUT2D eigenvalue weighted by molar-refractivity contribution is 9.10. The first-order valence-corrected chi connectivity index (χ1v) is 6.89. The van der Waals surface area contributed by atoms with E-state index in [4.69, 9.17) is 11.6 Å². The summed E-state index contributed by atoms with van der Waals surface area (Å²) < 4.78 is 3.34. The van der Waals surface area contributed by atoms with Gasteiger partial charge in [-0.1, -0.05) is 51.8 Å². The van der Waals surface area contributed by atoms with Gasteiger partial charge in [-0.3, -0.25) is 0 Å². The maximum atomic E-state index is 6.18. The summed E-state index contributed by atoms with van der Waals surface area (Å²) >= 11 is 9.76. The molecule has 90 valence electrons. The van der Waals surface area contributed by atoms with Crippen LogP contribution in [0.1, 0.15) is 5.56 Å². The predicted molar refractivity (Wildman–Crippen MR) is 80.2 cm³/mol. The molecule has 3 heteroatoms. The quantitative estimate of drug-likeness (QED) is 0.618. The molecule has 0 amide bonds. The zero-order chi connectivity index (χ0) is 12.5. The molecule has 0 aliphatic heterocycles. The van der Waals surface area contributed by atoms with Gasteiger partial charge in [0.15, 0.2) is 0 Å². The van der Waals surface area contributed by atoms with Crippen molar-refractivity contribution in [3.63, 3.8) is 0 Å². The number of halogens is 2. The van der Waals surface area contributed by atoms with Gasteiger partial charge in [-0.25, -0.2) is 0 Å². The number of hydrogen-bond acceptors (Lipinski definition) is 0. The maximum absolute atomic E-state index is 6.18. The van der Waals surface area contributed by atoms with Gasteiger partial charge < -0.3 is 4.57 Å². The van der Waals surface area contributed by atoms with Crippen LogP contribution in [-0.2, 0) is 6.54 Å². The summed E-state index contributed by atoms with van der Waals surface area (Å²) in [6, 6.07) is 16.3. The monoisotopic (exact) mass is 319 g/mol. The van der Waals surface area contributed by atoms with Crippen LogP contribution in [0.25, 0.3) is 10.9 Å². The van der Waals surface area contributed by atoms with Crippen molar-refractivity contribution in [2.24, 2.45) is 0 Å². The summed E-state index contributed by atoms with van der Waals surface area (Å²) in [7, 11) is 0. The Morgan fingerprint density at radius 1 is 1.00 bits per heavy atom. The summed E-state index contributed by atoms with van der Waals surface area (Å²) in [5.41, 5.74) is 2.42. The van der Waals surface area contributed by atoms with Gasteiger partial charge in [-0.2, -0.15) is 0 Å². The van der Waals surface area contributed by atoms with Gasteiger partial charge in [0.05, 0.1) is 0 Å². The van der Waals surface area contributed by atoms with E-state index in [0.29, 0.717) is 0 Å². The highest BCUT2D eigenvalue weighted by Crippen LogP contribution is 2.26. The van der Waals surface area contributed by atoms with Crippen molar-refractivity contribution in [3.05, 3.63) is 69.8 Å². The van der Waals surface area contributed by atoms with Crippen molar-refractivity contribution >= 4 is 38.4 Å². The molecule has 3 aromatic rings. The van der Waals surface area contributed by atoms with Gasteiger partial charge in [0.25, 0.3) is 0 Å². The molecule has 0 N–H and O–H groups in total. The van der Waals surface area contributed by atoms with Crippen molar-refractivity contribution in [2.45, 2.75) is 6.54 Å². The first-order chi connectivity index (χ1) is 8.75. The largest absolute Gasteiger partial charge is 0.343 e. The summed E-state index contributed by atoms with van der Waals surface area (Å²) in [4.78, 5) is 0. The molecule has 0 saturated heterocycles. The van der Waals surface area contributed by atoms with E-state index in [1.54, 1.807) is 0 Å². The topological polar surface area (TPSA) is 4.93 Å². The normalized spacial score (nSPS) is 11.0. The zero-order valence-electron chi connectivity index (χ0n) is 9.61. The summed E-state index contributed by atoms with van der Waals surface area (Å²) in [6.07, 6.45) is 2.08. The van der Waals surface area contributed by atoms with Crippen molar-refractivity contribution in [2.75, 3.05) is 0 Å². The molecular formula is C15H11BrClN. The van der Waals surface area contributed by atoms with Gasteiger partial charge in [-0.15, -0.1) is 0 Å². The molecule has 0 fully saturated rings. The first-order valence-electron chi connectivity index (χ1n) is 5.72. The van der Waals surface area contributed by atoms with Crippen molar-refractivity contribution in [1.82, 2.24) is 4.57 Å². The van der Waals surface area contributed by atoms with E-state index >= 15 is 0 Å². The molecule has 0 saturated carbocycles. The number of fused-ring (bicyclic) bond motifs is 1. The van der Waals surface area contributed by atoms with E-state index in [1.165, 1.54) is 11.1 Å². The van der Waals surface area contributed by atoms with Gasteiger partial charge in [-0.05, 0) is 29.8 Å². The van der Waals surface area contributed by atoms with Gasteiger partial charge >= 0.3 is 0 Å². The fraction of sp³-hybridized carbons (Fsp3) is 0.0667. The molecule has 0 aliphatic rings. The lowest BCUT2D eigenvalue weighted by molar-refractivity contribution is 0.833. The zero-order valence-corrected chi connectivity index (χ0v) is 11.9. The van der Waals surface area contributed by atoms with Crippen LogP contribution in [0.2, 0.25) is 5.02 Å². The molecule has 1 aromatic heterocycles. The van der Waals surface area contributed by atoms with Crippen LogP contribution in [0.3, 0.4) is 0 Å². The van der Waals surface area contributed by atoms with Crippen molar-refractivity contribution < 1.29 is 0 Å². The Hall–Kier alpha value is -1.25. The van der Waals surface area contributed by atoms with Gasteiger partial charge in [0.1, 0.15) is 0 Å². The lowest BCUT2D eigenvalue weighted by Crippen LogP contribution is -1.98. The second-order valence-electron chi connectivity index (χ2n) is 4.21. The molecule has 0 unspecified atom stereocenters. The number of rotatable bonds is 2. The molecule has 0 aliphatic carbocycles. The fourth-order valence-corrected chi connectivity index (χ4v) is 2.78. The number of hydrogen-bond donors (Lipinski definition) is 0. The van der Waals surface area contributed by atoms with E-state index in [0.717, 1.165) is 21.4 Å². The average molecular weight is 321 g/mol. The Balaban J connectivity index is 2.06. The van der Waals surface area contributed by atoms with Crippen LogP contribution < -0.4 is 0 Å². The number of aromatic nitrogens is 1. The highest BCUT2D eigenvalue weighted by Gasteiger charge is 2.05. The van der Waals surface area contributed by atoms with E-state index in [9.17, 15) is 0 Å². The Labute approximate surface area is 119 Å². The lowest BCUT2D eigenvalue weighted by Gasteiger charge is -2.07. The molecule has 2 aromatic carbocycles. The van der Waals surface area contributed by atoms with E-state index in [-0.39, 0.29) is 0 Å². The van der Waals surface area contributed by atoms with Crippen LogP contribution >= 0.6 is 27.5 Å². The third-order valence-electron chi connectivity index (χ3n) is 3.06. The summed E-state index contributed by atoms with van der Waals surface area (Å²) in [5.74, 6) is 0. The number of nitrogens with zero attached hydrogens (tertiary/aromatic N) is 1. The minimum atomic E-state index is 0.804. The molecule has 0 atom stereocenters. The Morgan fingerprint density at radius 3 is 2.67 bits per heavy atom. The Kier molecular flexibility index (Phi) is 3.14. The van der Waals surface area contributed by atoms with Gasteiger partial charge in [0, 0.05) is 33.1 Å². The summed E-state index contributed by atoms with van der Waals surface area (Å²) in [5, 5.41) is 1.91. The highest BCUT2D eigenvalue weighted by atomic mass is 79.9. The molecular weight excluding hydrogens is 310 g/mol. The molecule has 18 heavy (non-hydrogen) atoms. The van der Waals surface area contributed by atoms with Crippen LogP contribution in [-0.4, -0.2) is 4.57 Å². The van der Waals surface area contributed by atoms with E-state index in [1.807, 2.05) is 18.2 Å². The third kappa shape index (κ3) is 2.06. The molecule has 3 rings (SSSR count). The van der Waals surface area contributed by atoms with Crippen LogP contribution in [0, 0.1) is 0 Å². The fourth-order valence-electron chi connectivity index (χ4n) is 2.13. The van der Waals surface area contributed by atoms with Gasteiger partial charge in [0.2, 0.25) is 0 Å². The third-order valence-corrected chi connectivity index (χ3v) is 4.16. The molecule has 0 radical (unpaired) electrons. The molecule has 1 nitrogen and oxygen atoms in total. The van der Waals surface area contributed by atoms with E-state index in [2.05, 4.69) is 57.0 Å². The first kappa shape index (κ1) is 11.8. The number of benzene rings is 2.